The summed E-state index contributed by atoms with van der Waals surface area (Å²) < 4.78 is 4.87. The van der Waals surface area contributed by atoms with E-state index in [1.807, 2.05) is 0 Å². The molecule has 1 unspecified atom stereocenters. The van der Waals surface area contributed by atoms with E-state index < -0.39 is 12.0 Å². The first kappa shape index (κ1) is 10.4. The van der Waals surface area contributed by atoms with Crippen molar-refractivity contribution in [1.82, 2.24) is 0 Å². The van der Waals surface area contributed by atoms with Gasteiger partial charge in [0.25, 0.3) is 0 Å². The Labute approximate surface area is 67.4 Å². The Hall–Kier alpha value is -0.570. The van der Waals surface area contributed by atoms with Gasteiger partial charge in [0.2, 0.25) is 0 Å². The van der Waals surface area contributed by atoms with E-state index in [-0.39, 0.29) is 12.1 Å². The van der Waals surface area contributed by atoms with Gasteiger partial charge in [-0.2, -0.15) is 0 Å². The first-order valence-corrected chi connectivity index (χ1v) is 3.83. The van der Waals surface area contributed by atoms with E-state index in [4.69, 9.17) is 9.84 Å². The number of carbonyl (C=O) groups excluding carboxylic acids is 1. The van der Waals surface area contributed by atoms with Crippen LogP contribution < -0.4 is 0 Å². The molecule has 0 bridgehead atoms. The SMILES string of the molecule is CC(C)OC(=O)C(C)[C@@H](C)O. The summed E-state index contributed by atoms with van der Waals surface area (Å²) in [5.41, 5.74) is 0. The van der Waals surface area contributed by atoms with Crippen LogP contribution in [-0.2, 0) is 9.53 Å². The van der Waals surface area contributed by atoms with Crippen molar-refractivity contribution < 1.29 is 14.6 Å². The van der Waals surface area contributed by atoms with E-state index in [0.717, 1.165) is 0 Å². The molecular weight excluding hydrogens is 144 g/mol. The Bertz CT molecular complexity index is 129. The highest BCUT2D eigenvalue weighted by molar-refractivity contribution is 5.72. The average molecular weight is 160 g/mol. The Morgan fingerprint density at radius 3 is 2.00 bits per heavy atom. The van der Waals surface area contributed by atoms with E-state index in [0.29, 0.717) is 0 Å². The van der Waals surface area contributed by atoms with Crippen LogP contribution in [0.25, 0.3) is 0 Å². The fourth-order valence-corrected chi connectivity index (χ4v) is 0.537. The van der Waals surface area contributed by atoms with Gasteiger partial charge in [-0.15, -0.1) is 0 Å². The highest BCUT2D eigenvalue weighted by Gasteiger charge is 2.20. The number of carbonyl (C=O) groups is 1. The maximum absolute atomic E-state index is 11.0. The van der Waals surface area contributed by atoms with Gasteiger partial charge in [0.1, 0.15) is 0 Å². The van der Waals surface area contributed by atoms with Crippen LogP contribution in [0.3, 0.4) is 0 Å². The molecule has 0 aromatic rings. The Morgan fingerprint density at radius 1 is 1.27 bits per heavy atom. The summed E-state index contributed by atoms with van der Waals surface area (Å²) in [6, 6.07) is 0. The molecule has 0 amide bonds. The van der Waals surface area contributed by atoms with Crippen molar-refractivity contribution in [1.29, 1.82) is 0 Å². The predicted molar refractivity (Wildman–Crippen MR) is 42.1 cm³/mol. The number of aliphatic hydroxyl groups excluding tert-OH is 1. The zero-order valence-electron chi connectivity index (χ0n) is 7.50. The number of hydrogen-bond acceptors (Lipinski definition) is 3. The summed E-state index contributed by atoms with van der Waals surface area (Å²) in [6.45, 7) is 6.79. The van der Waals surface area contributed by atoms with Gasteiger partial charge in [-0.1, -0.05) is 0 Å². The lowest BCUT2D eigenvalue weighted by molar-refractivity contribution is -0.155. The number of hydrogen-bond donors (Lipinski definition) is 1. The third-order valence-corrected chi connectivity index (χ3v) is 1.45. The molecule has 0 aliphatic carbocycles. The van der Waals surface area contributed by atoms with Crippen LogP contribution in [0.1, 0.15) is 27.7 Å². The van der Waals surface area contributed by atoms with E-state index in [1.165, 1.54) is 0 Å². The highest BCUT2D eigenvalue weighted by Crippen LogP contribution is 2.05. The van der Waals surface area contributed by atoms with Crippen LogP contribution in [0, 0.1) is 5.92 Å². The van der Waals surface area contributed by atoms with Gasteiger partial charge in [0, 0.05) is 0 Å². The molecule has 2 atom stereocenters. The van der Waals surface area contributed by atoms with Crippen LogP contribution in [0.4, 0.5) is 0 Å². The minimum atomic E-state index is -0.638. The lowest BCUT2D eigenvalue weighted by Gasteiger charge is -2.15. The van der Waals surface area contributed by atoms with Gasteiger partial charge in [0.15, 0.2) is 0 Å². The zero-order chi connectivity index (χ0) is 9.02. The molecule has 0 aliphatic rings. The molecule has 3 nitrogen and oxygen atoms in total. The maximum Gasteiger partial charge on any atom is 0.311 e. The lowest BCUT2D eigenvalue weighted by Crippen LogP contribution is -2.26. The monoisotopic (exact) mass is 160 g/mol. The minimum absolute atomic E-state index is 0.108. The summed E-state index contributed by atoms with van der Waals surface area (Å²) in [7, 11) is 0. The smallest absolute Gasteiger partial charge is 0.311 e. The van der Waals surface area contributed by atoms with Crippen LogP contribution >= 0.6 is 0 Å². The molecule has 1 N–H and O–H groups in total. The molecule has 11 heavy (non-hydrogen) atoms. The molecule has 0 aromatic carbocycles. The van der Waals surface area contributed by atoms with Crippen molar-refractivity contribution >= 4 is 5.97 Å². The quantitative estimate of drug-likeness (QED) is 0.625. The molecule has 0 saturated carbocycles. The van der Waals surface area contributed by atoms with E-state index in [9.17, 15) is 4.79 Å². The molecular formula is C8H16O3. The molecule has 0 fully saturated rings. The summed E-state index contributed by atoms with van der Waals surface area (Å²) in [5, 5.41) is 9.00. The highest BCUT2D eigenvalue weighted by atomic mass is 16.5. The molecule has 0 saturated heterocycles. The summed E-state index contributed by atoms with van der Waals surface area (Å²) in [6.07, 6.45) is -0.745. The summed E-state index contributed by atoms with van der Waals surface area (Å²) in [5.74, 6) is -0.771. The van der Waals surface area contributed by atoms with Crippen molar-refractivity contribution in [3.63, 3.8) is 0 Å². The molecule has 0 aliphatic heterocycles. The second-order valence-electron chi connectivity index (χ2n) is 3.01. The van der Waals surface area contributed by atoms with E-state index >= 15 is 0 Å². The first-order valence-electron chi connectivity index (χ1n) is 3.83. The average Bonchev–Trinajstić information content (AvgIpc) is 1.84. The van der Waals surface area contributed by atoms with E-state index in [1.54, 1.807) is 27.7 Å². The zero-order valence-corrected chi connectivity index (χ0v) is 7.50. The molecule has 66 valence electrons. The lowest BCUT2D eigenvalue weighted by atomic mass is 10.1. The van der Waals surface area contributed by atoms with E-state index in [2.05, 4.69) is 0 Å². The Kier molecular flexibility index (Phi) is 4.11. The molecule has 0 spiro atoms. The minimum Gasteiger partial charge on any atom is -0.463 e. The molecule has 0 rings (SSSR count). The first-order chi connectivity index (χ1) is 4.95. The fourth-order valence-electron chi connectivity index (χ4n) is 0.537. The molecule has 0 aromatic heterocycles. The Morgan fingerprint density at radius 2 is 1.73 bits per heavy atom. The number of aliphatic hydroxyl groups is 1. The second kappa shape index (κ2) is 4.34. The molecule has 3 heteroatoms. The van der Waals surface area contributed by atoms with Crippen molar-refractivity contribution in [3.05, 3.63) is 0 Å². The van der Waals surface area contributed by atoms with Crippen LogP contribution in [-0.4, -0.2) is 23.3 Å². The topological polar surface area (TPSA) is 46.5 Å². The van der Waals surface area contributed by atoms with Gasteiger partial charge in [0.05, 0.1) is 18.1 Å². The number of esters is 1. The van der Waals surface area contributed by atoms with Crippen molar-refractivity contribution in [2.75, 3.05) is 0 Å². The molecule has 0 radical (unpaired) electrons. The third-order valence-electron chi connectivity index (χ3n) is 1.45. The van der Waals surface area contributed by atoms with Gasteiger partial charge >= 0.3 is 5.97 Å². The Balaban J connectivity index is 3.83. The summed E-state index contributed by atoms with van der Waals surface area (Å²) in [4.78, 5) is 11.0. The molecule has 0 heterocycles. The van der Waals surface area contributed by atoms with Crippen molar-refractivity contribution in [2.24, 2.45) is 5.92 Å². The van der Waals surface area contributed by atoms with Crippen LogP contribution in [0.2, 0.25) is 0 Å². The van der Waals surface area contributed by atoms with Crippen LogP contribution in [0.15, 0.2) is 0 Å². The second-order valence-corrected chi connectivity index (χ2v) is 3.01. The standard InChI is InChI=1S/C8H16O3/c1-5(2)11-8(10)6(3)7(4)9/h5-7,9H,1-4H3/t6?,7-/m1/s1. The van der Waals surface area contributed by atoms with Crippen molar-refractivity contribution in [2.45, 2.75) is 39.9 Å². The number of ether oxygens (including phenoxy) is 1. The summed E-state index contributed by atoms with van der Waals surface area (Å²) >= 11 is 0. The van der Waals surface area contributed by atoms with Gasteiger partial charge < -0.3 is 9.84 Å². The normalized spacial score (nSPS) is 16.2. The van der Waals surface area contributed by atoms with Gasteiger partial charge in [-0.05, 0) is 27.7 Å². The maximum atomic E-state index is 11.0. The fraction of sp³-hybridized carbons (Fsp3) is 0.875. The largest absolute Gasteiger partial charge is 0.463 e. The van der Waals surface area contributed by atoms with Gasteiger partial charge in [-0.3, -0.25) is 4.79 Å². The predicted octanol–water partition coefficient (Wildman–Crippen LogP) is 0.955. The van der Waals surface area contributed by atoms with Crippen LogP contribution in [0.5, 0.6) is 0 Å². The van der Waals surface area contributed by atoms with Crippen molar-refractivity contribution in [3.8, 4) is 0 Å². The van der Waals surface area contributed by atoms with Gasteiger partial charge in [-0.25, -0.2) is 0 Å². The third kappa shape index (κ3) is 3.98. The number of rotatable bonds is 3.